The van der Waals surface area contributed by atoms with E-state index in [1.165, 1.54) is 12.1 Å². The SMILES string of the molecule is O=C(c1cccc(F)c1)N1CCC2(CC1)CN(CCCn1cccc1)CCO2. The summed E-state index contributed by atoms with van der Waals surface area (Å²) in [6.45, 7) is 6.07. The molecule has 0 N–H and O–H groups in total. The highest BCUT2D eigenvalue weighted by molar-refractivity contribution is 5.94. The number of hydrogen-bond donors (Lipinski definition) is 0. The maximum Gasteiger partial charge on any atom is 0.253 e. The Labute approximate surface area is 165 Å². The molecule has 1 spiro atoms. The number of carbonyl (C=O) groups excluding carboxylic acids is 1. The van der Waals surface area contributed by atoms with Crippen LogP contribution in [0.3, 0.4) is 0 Å². The first-order chi connectivity index (χ1) is 13.6. The van der Waals surface area contributed by atoms with E-state index in [0.717, 1.165) is 52.0 Å². The van der Waals surface area contributed by atoms with Gasteiger partial charge in [-0.3, -0.25) is 9.69 Å². The zero-order chi connectivity index (χ0) is 19.4. The molecule has 2 fully saturated rings. The van der Waals surface area contributed by atoms with Crippen molar-refractivity contribution in [2.24, 2.45) is 0 Å². The molecule has 6 heteroatoms. The zero-order valence-electron chi connectivity index (χ0n) is 16.2. The number of likely N-dealkylation sites (tertiary alicyclic amines) is 1. The van der Waals surface area contributed by atoms with Gasteiger partial charge in [-0.05, 0) is 49.6 Å². The van der Waals surface area contributed by atoms with Gasteiger partial charge in [0, 0.05) is 57.2 Å². The second-order valence-electron chi connectivity index (χ2n) is 7.88. The van der Waals surface area contributed by atoms with E-state index in [1.807, 2.05) is 4.90 Å². The second-order valence-corrected chi connectivity index (χ2v) is 7.88. The molecule has 4 rings (SSSR count). The second kappa shape index (κ2) is 8.45. The van der Waals surface area contributed by atoms with Gasteiger partial charge >= 0.3 is 0 Å². The van der Waals surface area contributed by atoms with E-state index in [2.05, 4.69) is 34.0 Å². The van der Waals surface area contributed by atoms with E-state index in [1.54, 1.807) is 12.1 Å². The molecule has 0 radical (unpaired) electrons. The largest absolute Gasteiger partial charge is 0.372 e. The molecular weight excluding hydrogens is 357 g/mol. The number of amides is 1. The first-order valence-electron chi connectivity index (χ1n) is 10.2. The average molecular weight is 385 g/mol. The summed E-state index contributed by atoms with van der Waals surface area (Å²) >= 11 is 0. The first kappa shape index (κ1) is 19.2. The molecule has 0 saturated carbocycles. The minimum atomic E-state index is -0.370. The van der Waals surface area contributed by atoms with E-state index in [9.17, 15) is 9.18 Å². The smallest absolute Gasteiger partial charge is 0.253 e. The lowest BCUT2D eigenvalue weighted by Gasteiger charge is -2.47. The van der Waals surface area contributed by atoms with Gasteiger partial charge in [0.15, 0.2) is 0 Å². The molecule has 28 heavy (non-hydrogen) atoms. The number of benzene rings is 1. The maximum atomic E-state index is 13.4. The molecule has 0 bridgehead atoms. The summed E-state index contributed by atoms with van der Waals surface area (Å²) in [4.78, 5) is 17.0. The van der Waals surface area contributed by atoms with Crippen molar-refractivity contribution < 1.29 is 13.9 Å². The third-order valence-electron chi connectivity index (χ3n) is 5.92. The lowest BCUT2D eigenvalue weighted by Crippen LogP contribution is -2.57. The number of morpholine rings is 1. The van der Waals surface area contributed by atoms with Gasteiger partial charge < -0.3 is 14.2 Å². The molecule has 1 amide bonds. The molecule has 0 atom stereocenters. The number of piperidine rings is 1. The predicted octanol–water partition coefficient (Wildman–Crippen LogP) is 3.02. The summed E-state index contributed by atoms with van der Waals surface area (Å²) in [6, 6.07) is 10.1. The highest BCUT2D eigenvalue weighted by atomic mass is 19.1. The number of aryl methyl sites for hydroxylation is 1. The summed E-state index contributed by atoms with van der Waals surface area (Å²) in [5.74, 6) is -0.459. The van der Waals surface area contributed by atoms with Crippen LogP contribution in [0.2, 0.25) is 0 Å². The quantitative estimate of drug-likeness (QED) is 0.794. The fourth-order valence-corrected chi connectivity index (χ4v) is 4.33. The molecule has 3 heterocycles. The van der Waals surface area contributed by atoms with Gasteiger partial charge in [-0.1, -0.05) is 6.07 Å². The van der Waals surface area contributed by atoms with E-state index < -0.39 is 0 Å². The number of halogens is 1. The van der Waals surface area contributed by atoms with Crippen LogP contribution in [0.15, 0.2) is 48.8 Å². The Hall–Kier alpha value is -2.18. The van der Waals surface area contributed by atoms with Crippen molar-refractivity contribution in [3.8, 4) is 0 Å². The van der Waals surface area contributed by atoms with Gasteiger partial charge in [-0.15, -0.1) is 0 Å². The lowest BCUT2D eigenvalue weighted by atomic mass is 9.89. The van der Waals surface area contributed by atoms with E-state index in [-0.39, 0.29) is 17.3 Å². The van der Waals surface area contributed by atoms with Crippen LogP contribution in [0.1, 0.15) is 29.6 Å². The summed E-state index contributed by atoms with van der Waals surface area (Å²) in [6.07, 6.45) is 7.00. The number of nitrogens with zero attached hydrogens (tertiary/aromatic N) is 3. The molecule has 2 aromatic rings. The number of rotatable bonds is 5. The van der Waals surface area contributed by atoms with Crippen LogP contribution in [0.5, 0.6) is 0 Å². The Morgan fingerprint density at radius 3 is 2.61 bits per heavy atom. The van der Waals surface area contributed by atoms with Crippen LogP contribution in [0.4, 0.5) is 4.39 Å². The minimum absolute atomic E-state index is 0.0891. The highest BCUT2D eigenvalue weighted by Gasteiger charge is 2.40. The van der Waals surface area contributed by atoms with Crippen LogP contribution in [-0.4, -0.2) is 65.2 Å². The Balaban J connectivity index is 1.28. The van der Waals surface area contributed by atoms with Gasteiger partial charge in [0.1, 0.15) is 5.82 Å². The van der Waals surface area contributed by atoms with Gasteiger partial charge in [0.05, 0.1) is 12.2 Å². The predicted molar refractivity (Wildman–Crippen MR) is 106 cm³/mol. The van der Waals surface area contributed by atoms with Crippen LogP contribution < -0.4 is 0 Å². The molecule has 1 aromatic heterocycles. The number of carbonyl (C=O) groups is 1. The van der Waals surface area contributed by atoms with Crippen molar-refractivity contribution in [1.29, 1.82) is 0 Å². The molecule has 2 aliphatic rings. The third-order valence-corrected chi connectivity index (χ3v) is 5.92. The monoisotopic (exact) mass is 385 g/mol. The van der Waals surface area contributed by atoms with Crippen molar-refractivity contribution in [1.82, 2.24) is 14.4 Å². The summed E-state index contributed by atoms with van der Waals surface area (Å²) < 4.78 is 21.8. The van der Waals surface area contributed by atoms with Gasteiger partial charge in [-0.2, -0.15) is 0 Å². The highest BCUT2D eigenvalue weighted by Crippen LogP contribution is 2.31. The standard InChI is InChI=1S/C22H28FN3O2/c23-20-6-3-5-19(17-20)21(27)26-13-7-22(8-14-26)18-25(15-16-28-22)12-4-11-24-9-1-2-10-24/h1-3,5-6,9-10,17H,4,7-8,11-16,18H2. The normalized spacial score (nSPS) is 19.8. The first-order valence-corrected chi connectivity index (χ1v) is 10.2. The fraction of sp³-hybridized carbons (Fsp3) is 0.500. The van der Waals surface area contributed by atoms with Crippen LogP contribution in [-0.2, 0) is 11.3 Å². The Bertz CT molecular complexity index is 785. The zero-order valence-corrected chi connectivity index (χ0v) is 16.2. The number of ether oxygens (including phenoxy) is 1. The fourth-order valence-electron chi connectivity index (χ4n) is 4.33. The third kappa shape index (κ3) is 4.45. The number of aromatic nitrogens is 1. The Morgan fingerprint density at radius 1 is 1.07 bits per heavy atom. The molecule has 1 aromatic carbocycles. The lowest BCUT2D eigenvalue weighted by molar-refractivity contribution is -0.132. The molecule has 5 nitrogen and oxygen atoms in total. The molecule has 150 valence electrons. The molecule has 0 unspecified atom stereocenters. The van der Waals surface area contributed by atoms with Gasteiger partial charge in [0.25, 0.3) is 5.91 Å². The Kier molecular flexibility index (Phi) is 5.78. The summed E-state index contributed by atoms with van der Waals surface area (Å²) in [5.41, 5.74) is 0.275. The summed E-state index contributed by atoms with van der Waals surface area (Å²) in [7, 11) is 0. The van der Waals surface area contributed by atoms with Crippen LogP contribution >= 0.6 is 0 Å². The number of hydrogen-bond acceptors (Lipinski definition) is 3. The molecule has 0 aliphatic carbocycles. The Morgan fingerprint density at radius 2 is 1.86 bits per heavy atom. The van der Waals surface area contributed by atoms with Crippen LogP contribution in [0, 0.1) is 5.82 Å². The van der Waals surface area contributed by atoms with Crippen molar-refractivity contribution in [3.63, 3.8) is 0 Å². The molecule has 2 aliphatic heterocycles. The average Bonchev–Trinajstić information content (AvgIpc) is 3.22. The molecular formula is C22H28FN3O2. The van der Waals surface area contributed by atoms with Gasteiger partial charge in [0.2, 0.25) is 0 Å². The minimum Gasteiger partial charge on any atom is -0.372 e. The van der Waals surface area contributed by atoms with E-state index >= 15 is 0 Å². The van der Waals surface area contributed by atoms with Crippen molar-refractivity contribution in [2.45, 2.75) is 31.4 Å². The molecule has 2 saturated heterocycles. The van der Waals surface area contributed by atoms with Gasteiger partial charge in [-0.25, -0.2) is 4.39 Å². The van der Waals surface area contributed by atoms with Crippen LogP contribution in [0.25, 0.3) is 0 Å². The maximum absolute atomic E-state index is 13.4. The van der Waals surface area contributed by atoms with Crippen molar-refractivity contribution in [2.75, 3.05) is 39.3 Å². The van der Waals surface area contributed by atoms with E-state index in [4.69, 9.17) is 4.74 Å². The van der Waals surface area contributed by atoms with Crippen molar-refractivity contribution >= 4 is 5.91 Å². The van der Waals surface area contributed by atoms with E-state index in [0.29, 0.717) is 18.7 Å². The van der Waals surface area contributed by atoms with Crippen molar-refractivity contribution in [3.05, 3.63) is 60.2 Å². The summed E-state index contributed by atoms with van der Waals surface area (Å²) in [5, 5.41) is 0. The topological polar surface area (TPSA) is 37.7 Å².